The standard InChI is InChI=1S/C10H18N2O3/c1-6(9(13)14)7(2)11-10(15)12(3)8-4-5-8/h6-8H,4-5H2,1-3H3,(H,11,15)(H,13,14). The first kappa shape index (κ1) is 11.8. The number of carboxylic acids is 1. The van der Waals surface area contributed by atoms with E-state index in [1.807, 2.05) is 0 Å². The van der Waals surface area contributed by atoms with Gasteiger partial charge in [-0.2, -0.15) is 0 Å². The highest BCUT2D eigenvalue weighted by atomic mass is 16.4. The summed E-state index contributed by atoms with van der Waals surface area (Å²) in [5, 5.41) is 11.4. The van der Waals surface area contributed by atoms with Crippen molar-refractivity contribution < 1.29 is 14.7 Å². The lowest BCUT2D eigenvalue weighted by atomic mass is 10.0. The molecule has 0 aromatic carbocycles. The lowest BCUT2D eigenvalue weighted by Crippen LogP contribution is -2.46. The van der Waals surface area contributed by atoms with Gasteiger partial charge < -0.3 is 15.3 Å². The van der Waals surface area contributed by atoms with Gasteiger partial charge in [0.05, 0.1) is 5.92 Å². The molecule has 0 aromatic rings. The lowest BCUT2D eigenvalue weighted by Gasteiger charge is -2.23. The van der Waals surface area contributed by atoms with Crippen LogP contribution in [0, 0.1) is 5.92 Å². The average molecular weight is 214 g/mol. The van der Waals surface area contributed by atoms with Crippen molar-refractivity contribution in [2.24, 2.45) is 5.92 Å². The molecule has 15 heavy (non-hydrogen) atoms. The Labute approximate surface area is 89.4 Å². The van der Waals surface area contributed by atoms with Crippen LogP contribution >= 0.6 is 0 Å². The zero-order valence-electron chi connectivity index (χ0n) is 9.36. The van der Waals surface area contributed by atoms with Crippen LogP contribution in [0.5, 0.6) is 0 Å². The van der Waals surface area contributed by atoms with Crippen molar-refractivity contribution in [1.82, 2.24) is 10.2 Å². The maximum Gasteiger partial charge on any atom is 0.317 e. The zero-order valence-corrected chi connectivity index (χ0v) is 9.36. The Balaban J connectivity index is 2.39. The van der Waals surface area contributed by atoms with E-state index in [4.69, 9.17) is 5.11 Å². The fourth-order valence-corrected chi connectivity index (χ4v) is 1.26. The van der Waals surface area contributed by atoms with Gasteiger partial charge in [-0.1, -0.05) is 0 Å². The summed E-state index contributed by atoms with van der Waals surface area (Å²) in [4.78, 5) is 23.9. The van der Waals surface area contributed by atoms with E-state index < -0.39 is 11.9 Å². The summed E-state index contributed by atoms with van der Waals surface area (Å²) in [5.74, 6) is -1.46. The van der Waals surface area contributed by atoms with Crippen LogP contribution < -0.4 is 5.32 Å². The number of nitrogens with zero attached hydrogens (tertiary/aromatic N) is 1. The number of amides is 2. The number of rotatable bonds is 4. The predicted octanol–water partition coefficient (Wildman–Crippen LogP) is 0.899. The lowest BCUT2D eigenvalue weighted by molar-refractivity contribution is -0.141. The Morgan fingerprint density at radius 1 is 1.40 bits per heavy atom. The first-order valence-electron chi connectivity index (χ1n) is 5.19. The van der Waals surface area contributed by atoms with E-state index in [9.17, 15) is 9.59 Å². The van der Waals surface area contributed by atoms with Crippen molar-refractivity contribution in [1.29, 1.82) is 0 Å². The molecule has 1 aliphatic carbocycles. The molecule has 0 bridgehead atoms. The Morgan fingerprint density at radius 3 is 2.33 bits per heavy atom. The molecule has 0 aliphatic heterocycles. The second-order valence-corrected chi connectivity index (χ2v) is 4.21. The minimum Gasteiger partial charge on any atom is -0.481 e. The molecular formula is C10H18N2O3. The molecule has 0 saturated heterocycles. The Kier molecular flexibility index (Phi) is 3.55. The van der Waals surface area contributed by atoms with E-state index in [2.05, 4.69) is 5.32 Å². The fraction of sp³-hybridized carbons (Fsp3) is 0.800. The first-order chi connectivity index (χ1) is 6.93. The summed E-state index contributed by atoms with van der Waals surface area (Å²) in [7, 11) is 1.74. The Bertz CT molecular complexity index is 263. The van der Waals surface area contributed by atoms with Gasteiger partial charge in [-0.25, -0.2) is 4.79 Å². The number of carboxylic acid groups (broad SMARTS) is 1. The maximum atomic E-state index is 11.6. The molecule has 2 amide bonds. The van der Waals surface area contributed by atoms with E-state index >= 15 is 0 Å². The van der Waals surface area contributed by atoms with Crippen molar-refractivity contribution in [3.63, 3.8) is 0 Å². The summed E-state index contributed by atoms with van der Waals surface area (Å²) >= 11 is 0. The summed E-state index contributed by atoms with van der Waals surface area (Å²) in [6.07, 6.45) is 2.10. The van der Waals surface area contributed by atoms with E-state index in [1.165, 1.54) is 0 Å². The molecule has 0 radical (unpaired) electrons. The van der Waals surface area contributed by atoms with Crippen molar-refractivity contribution in [2.45, 2.75) is 38.8 Å². The van der Waals surface area contributed by atoms with Gasteiger partial charge in [0.1, 0.15) is 0 Å². The van der Waals surface area contributed by atoms with Gasteiger partial charge in [0.25, 0.3) is 0 Å². The number of aliphatic carboxylic acids is 1. The third-order valence-electron chi connectivity index (χ3n) is 2.91. The van der Waals surface area contributed by atoms with E-state index in [1.54, 1.807) is 25.8 Å². The molecule has 1 fully saturated rings. The van der Waals surface area contributed by atoms with Crippen molar-refractivity contribution in [3.05, 3.63) is 0 Å². The number of urea groups is 1. The molecule has 5 heteroatoms. The highest BCUT2D eigenvalue weighted by molar-refractivity contribution is 5.76. The molecular weight excluding hydrogens is 196 g/mol. The van der Waals surface area contributed by atoms with Gasteiger partial charge in [0, 0.05) is 19.1 Å². The van der Waals surface area contributed by atoms with Crippen molar-refractivity contribution >= 4 is 12.0 Å². The molecule has 86 valence electrons. The van der Waals surface area contributed by atoms with Gasteiger partial charge in [0.15, 0.2) is 0 Å². The van der Waals surface area contributed by atoms with E-state index in [0.717, 1.165) is 12.8 Å². The second-order valence-electron chi connectivity index (χ2n) is 4.21. The van der Waals surface area contributed by atoms with Gasteiger partial charge >= 0.3 is 12.0 Å². The third kappa shape index (κ3) is 3.11. The third-order valence-corrected chi connectivity index (χ3v) is 2.91. The molecule has 2 N–H and O–H groups in total. The molecule has 2 atom stereocenters. The highest BCUT2D eigenvalue weighted by Gasteiger charge is 2.31. The Hall–Kier alpha value is -1.26. The summed E-state index contributed by atoms with van der Waals surface area (Å²) in [5.41, 5.74) is 0. The van der Waals surface area contributed by atoms with Crippen LogP contribution in [0.25, 0.3) is 0 Å². The topological polar surface area (TPSA) is 69.6 Å². The minimum absolute atomic E-state index is 0.182. The van der Waals surface area contributed by atoms with Gasteiger partial charge in [-0.05, 0) is 26.7 Å². The zero-order chi connectivity index (χ0) is 11.6. The van der Waals surface area contributed by atoms with Crippen LogP contribution in [0.1, 0.15) is 26.7 Å². The maximum absolute atomic E-state index is 11.6. The summed E-state index contributed by atoms with van der Waals surface area (Å²) < 4.78 is 0. The van der Waals surface area contributed by atoms with Crippen LogP contribution in [-0.2, 0) is 4.79 Å². The van der Waals surface area contributed by atoms with E-state index in [0.29, 0.717) is 6.04 Å². The molecule has 1 rings (SSSR count). The number of hydrogen-bond acceptors (Lipinski definition) is 2. The molecule has 1 saturated carbocycles. The molecule has 0 spiro atoms. The van der Waals surface area contributed by atoms with Crippen LogP contribution in [0.3, 0.4) is 0 Å². The predicted molar refractivity (Wildman–Crippen MR) is 55.6 cm³/mol. The first-order valence-corrected chi connectivity index (χ1v) is 5.19. The number of carbonyl (C=O) groups excluding carboxylic acids is 1. The second kappa shape index (κ2) is 4.51. The normalized spacial score (nSPS) is 19.1. The number of hydrogen-bond donors (Lipinski definition) is 2. The largest absolute Gasteiger partial charge is 0.481 e. The molecule has 0 aromatic heterocycles. The van der Waals surface area contributed by atoms with Gasteiger partial charge in [-0.15, -0.1) is 0 Å². The smallest absolute Gasteiger partial charge is 0.317 e. The monoisotopic (exact) mass is 214 g/mol. The highest BCUT2D eigenvalue weighted by Crippen LogP contribution is 2.25. The summed E-state index contributed by atoms with van der Waals surface area (Å²) in [6.45, 7) is 3.29. The van der Waals surface area contributed by atoms with Crippen molar-refractivity contribution in [2.75, 3.05) is 7.05 Å². The SMILES string of the molecule is CC(NC(=O)N(C)C1CC1)C(C)C(=O)O. The molecule has 5 nitrogen and oxygen atoms in total. The van der Waals surface area contributed by atoms with Crippen LogP contribution in [0.4, 0.5) is 4.79 Å². The molecule has 0 heterocycles. The van der Waals surface area contributed by atoms with Crippen LogP contribution in [0.15, 0.2) is 0 Å². The quantitative estimate of drug-likeness (QED) is 0.730. The van der Waals surface area contributed by atoms with Crippen LogP contribution in [0.2, 0.25) is 0 Å². The Morgan fingerprint density at radius 2 is 1.93 bits per heavy atom. The van der Waals surface area contributed by atoms with Crippen molar-refractivity contribution in [3.8, 4) is 0 Å². The summed E-state index contributed by atoms with van der Waals surface area (Å²) in [6, 6.07) is -0.188. The average Bonchev–Trinajstić information content (AvgIpc) is 2.98. The number of carbonyl (C=O) groups is 2. The fourth-order valence-electron chi connectivity index (χ4n) is 1.26. The van der Waals surface area contributed by atoms with Gasteiger partial charge in [-0.3, -0.25) is 4.79 Å². The molecule has 2 unspecified atom stereocenters. The number of nitrogens with one attached hydrogen (secondary N) is 1. The van der Waals surface area contributed by atoms with E-state index in [-0.39, 0.29) is 12.1 Å². The van der Waals surface area contributed by atoms with Gasteiger partial charge in [0.2, 0.25) is 0 Å². The van der Waals surface area contributed by atoms with Crippen LogP contribution in [-0.4, -0.2) is 41.1 Å². The minimum atomic E-state index is -0.892. The molecule has 1 aliphatic rings.